The lowest BCUT2D eigenvalue weighted by atomic mass is 10.1. The van der Waals surface area contributed by atoms with E-state index in [0.29, 0.717) is 6.54 Å². The zero-order valence-electron chi connectivity index (χ0n) is 11.3. The smallest absolute Gasteiger partial charge is 0.0409 e. The number of anilines is 1. The quantitative estimate of drug-likeness (QED) is 0.784. The molecular formula is C14H25N3. The van der Waals surface area contributed by atoms with Crippen LogP contribution in [0.25, 0.3) is 0 Å². The second kappa shape index (κ2) is 7.30. The number of hydrogen-bond acceptors (Lipinski definition) is 3. The van der Waals surface area contributed by atoms with Crippen molar-refractivity contribution in [3.63, 3.8) is 0 Å². The molecule has 0 aliphatic heterocycles. The molecule has 0 bridgehead atoms. The van der Waals surface area contributed by atoms with E-state index in [1.165, 1.54) is 11.3 Å². The summed E-state index contributed by atoms with van der Waals surface area (Å²) >= 11 is 0. The van der Waals surface area contributed by atoms with Crippen LogP contribution in [0.2, 0.25) is 0 Å². The van der Waals surface area contributed by atoms with Crippen molar-refractivity contribution in [1.29, 1.82) is 0 Å². The van der Waals surface area contributed by atoms with Gasteiger partial charge < -0.3 is 15.5 Å². The fourth-order valence-corrected chi connectivity index (χ4v) is 2.01. The van der Waals surface area contributed by atoms with E-state index >= 15 is 0 Å². The predicted octanol–water partition coefficient (Wildman–Crippen LogP) is 1.92. The second-order valence-electron chi connectivity index (χ2n) is 4.28. The highest BCUT2D eigenvalue weighted by Crippen LogP contribution is 2.18. The van der Waals surface area contributed by atoms with E-state index in [-0.39, 0.29) is 0 Å². The van der Waals surface area contributed by atoms with Crippen LogP contribution < -0.4 is 10.6 Å². The summed E-state index contributed by atoms with van der Waals surface area (Å²) in [4.78, 5) is 4.72. The van der Waals surface area contributed by atoms with Crippen molar-refractivity contribution in [2.75, 3.05) is 38.1 Å². The maximum atomic E-state index is 5.76. The van der Waals surface area contributed by atoms with Crippen LogP contribution in [0.4, 0.5) is 5.69 Å². The Hall–Kier alpha value is -1.06. The van der Waals surface area contributed by atoms with Gasteiger partial charge in [0.1, 0.15) is 0 Å². The highest BCUT2D eigenvalue weighted by Gasteiger charge is 2.07. The first-order valence-electron chi connectivity index (χ1n) is 6.44. The van der Waals surface area contributed by atoms with Crippen LogP contribution in [0.3, 0.4) is 0 Å². The number of nitrogens with two attached hydrogens (primary N) is 1. The topological polar surface area (TPSA) is 32.5 Å². The summed E-state index contributed by atoms with van der Waals surface area (Å²) in [7, 11) is 2.14. The van der Waals surface area contributed by atoms with Gasteiger partial charge in [0.15, 0.2) is 0 Å². The summed E-state index contributed by atoms with van der Waals surface area (Å²) in [5.74, 6) is 0. The number of benzene rings is 1. The van der Waals surface area contributed by atoms with E-state index in [0.717, 1.165) is 26.2 Å². The molecule has 0 unspecified atom stereocenters. The Morgan fingerprint density at radius 2 is 1.71 bits per heavy atom. The van der Waals surface area contributed by atoms with Crippen LogP contribution in [0.1, 0.15) is 19.4 Å². The highest BCUT2D eigenvalue weighted by molar-refractivity contribution is 5.52. The molecule has 0 radical (unpaired) electrons. The Balaban J connectivity index is 2.60. The molecule has 0 spiro atoms. The molecule has 0 amide bonds. The average molecular weight is 235 g/mol. The van der Waals surface area contributed by atoms with Crippen molar-refractivity contribution in [3.05, 3.63) is 29.8 Å². The number of likely N-dealkylation sites (N-methyl/N-ethyl adjacent to an activating group) is 2. The van der Waals surface area contributed by atoms with E-state index in [1.54, 1.807) is 0 Å². The Morgan fingerprint density at radius 3 is 2.29 bits per heavy atom. The summed E-state index contributed by atoms with van der Waals surface area (Å²) in [6, 6.07) is 8.36. The summed E-state index contributed by atoms with van der Waals surface area (Å²) in [6.07, 6.45) is 0. The zero-order chi connectivity index (χ0) is 12.7. The van der Waals surface area contributed by atoms with Gasteiger partial charge in [-0.3, -0.25) is 0 Å². The SMILES string of the molecule is CCN(CC)CCN(C)c1ccccc1CN. The monoisotopic (exact) mass is 235 g/mol. The first-order chi connectivity index (χ1) is 8.22. The van der Waals surface area contributed by atoms with E-state index in [9.17, 15) is 0 Å². The van der Waals surface area contributed by atoms with Crippen LogP contribution in [-0.4, -0.2) is 38.1 Å². The van der Waals surface area contributed by atoms with Crippen molar-refractivity contribution >= 4 is 5.69 Å². The molecule has 0 aliphatic rings. The highest BCUT2D eigenvalue weighted by atomic mass is 15.2. The molecule has 3 heteroatoms. The molecule has 1 aromatic carbocycles. The van der Waals surface area contributed by atoms with E-state index in [2.05, 4.69) is 48.9 Å². The minimum absolute atomic E-state index is 0.603. The summed E-state index contributed by atoms with van der Waals surface area (Å²) in [6.45, 7) is 9.38. The average Bonchev–Trinajstić information content (AvgIpc) is 2.39. The van der Waals surface area contributed by atoms with Crippen molar-refractivity contribution in [1.82, 2.24) is 4.90 Å². The molecule has 3 nitrogen and oxygen atoms in total. The third kappa shape index (κ3) is 4.02. The fraction of sp³-hybridized carbons (Fsp3) is 0.571. The normalized spacial score (nSPS) is 10.9. The molecule has 0 fully saturated rings. The lowest BCUT2D eigenvalue weighted by Gasteiger charge is -2.26. The predicted molar refractivity (Wildman–Crippen MR) is 75.4 cm³/mol. The Bertz CT molecular complexity index is 321. The van der Waals surface area contributed by atoms with Gasteiger partial charge in [-0.15, -0.1) is 0 Å². The fourth-order valence-electron chi connectivity index (χ4n) is 2.01. The van der Waals surface area contributed by atoms with E-state index in [4.69, 9.17) is 5.73 Å². The molecule has 1 rings (SSSR count). The molecule has 17 heavy (non-hydrogen) atoms. The van der Waals surface area contributed by atoms with Gasteiger partial charge in [-0.05, 0) is 24.7 Å². The third-order valence-corrected chi connectivity index (χ3v) is 3.27. The van der Waals surface area contributed by atoms with Crippen molar-refractivity contribution in [3.8, 4) is 0 Å². The van der Waals surface area contributed by atoms with Gasteiger partial charge in [0.2, 0.25) is 0 Å². The van der Waals surface area contributed by atoms with Crippen LogP contribution >= 0.6 is 0 Å². The standard InChI is InChI=1S/C14H25N3/c1-4-17(5-2)11-10-16(3)14-9-7-6-8-13(14)12-15/h6-9H,4-5,10-12,15H2,1-3H3. The van der Waals surface area contributed by atoms with Gasteiger partial charge in [-0.1, -0.05) is 32.0 Å². The maximum Gasteiger partial charge on any atom is 0.0409 e. The number of nitrogens with zero attached hydrogens (tertiary/aromatic N) is 2. The Labute approximate surface area is 105 Å². The number of rotatable bonds is 7. The van der Waals surface area contributed by atoms with Gasteiger partial charge in [0.05, 0.1) is 0 Å². The third-order valence-electron chi connectivity index (χ3n) is 3.27. The minimum Gasteiger partial charge on any atom is -0.373 e. The van der Waals surface area contributed by atoms with Gasteiger partial charge in [-0.2, -0.15) is 0 Å². The molecule has 1 aromatic rings. The first-order valence-corrected chi connectivity index (χ1v) is 6.44. The van der Waals surface area contributed by atoms with Gasteiger partial charge in [0.25, 0.3) is 0 Å². The second-order valence-corrected chi connectivity index (χ2v) is 4.28. The Morgan fingerprint density at radius 1 is 1.06 bits per heavy atom. The maximum absolute atomic E-state index is 5.76. The molecule has 0 atom stereocenters. The number of hydrogen-bond donors (Lipinski definition) is 1. The summed E-state index contributed by atoms with van der Waals surface area (Å²) in [5.41, 5.74) is 8.23. The summed E-state index contributed by atoms with van der Waals surface area (Å²) < 4.78 is 0. The van der Waals surface area contributed by atoms with E-state index in [1.807, 2.05) is 6.07 Å². The molecule has 96 valence electrons. The minimum atomic E-state index is 0.603. The van der Waals surface area contributed by atoms with Crippen molar-refractivity contribution < 1.29 is 0 Å². The molecule has 2 N–H and O–H groups in total. The zero-order valence-corrected chi connectivity index (χ0v) is 11.3. The van der Waals surface area contributed by atoms with Gasteiger partial charge >= 0.3 is 0 Å². The molecule has 0 aliphatic carbocycles. The van der Waals surface area contributed by atoms with Crippen molar-refractivity contribution in [2.45, 2.75) is 20.4 Å². The van der Waals surface area contributed by atoms with Crippen LogP contribution in [0.15, 0.2) is 24.3 Å². The molecule has 0 aromatic heterocycles. The molecule has 0 saturated heterocycles. The lowest BCUT2D eigenvalue weighted by Crippen LogP contribution is -2.33. The molecule has 0 saturated carbocycles. The van der Waals surface area contributed by atoms with Gasteiger partial charge in [-0.25, -0.2) is 0 Å². The van der Waals surface area contributed by atoms with Crippen LogP contribution in [0, 0.1) is 0 Å². The number of para-hydroxylation sites is 1. The molecule has 0 heterocycles. The van der Waals surface area contributed by atoms with E-state index < -0.39 is 0 Å². The first kappa shape index (κ1) is 14.0. The van der Waals surface area contributed by atoms with Crippen LogP contribution in [-0.2, 0) is 6.54 Å². The molecular weight excluding hydrogens is 210 g/mol. The van der Waals surface area contributed by atoms with Gasteiger partial charge in [0, 0.05) is 32.4 Å². The Kier molecular flexibility index (Phi) is 6.01. The van der Waals surface area contributed by atoms with Crippen molar-refractivity contribution in [2.24, 2.45) is 5.73 Å². The largest absolute Gasteiger partial charge is 0.373 e. The van der Waals surface area contributed by atoms with Crippen LogP contribution in [0.5, 0.6) is 0 Å². The lowest BCUT2D eigenvalue weighted by molar-refractivity contribution is 0.311. The summed E-state index contributed by atoms with van der Waals surface area (Å²) in [5, 5.41) is 0.